The molecule has 4 rings (SSSR count). The Bertz CT molecular complexity index is 1180. The smallest absolute Gasteiger partial charge is 0.348 e. The van der Waals surface area contributed by atoms with Crippen molar-refractivity contribution in [3.63, 3.8) is 0 Å². The predicted molar refractivity (Wildman–Crippen MR) is 118 cm³/mol. The van der Waals surface area contributed by atoms with Crippen LogP contribution in [-0.4, -0.2) is 31.1 Å². The molecule has 1 aliphatic carbocycles. The van der Waals surface area contributed by atoms with Crippen LogP contribution in [0.5, 0.6) is 10.8 Å². The highest BCUT2D eigenvalue weighted by molar-refractivity contribution is 7.91. The van der Waals surface area contributed by atoms with Crippen molar-refractivity contribution in [2.45, 2.75) is 38.0 Å². The Labute approximate surface area is 183 Å². The average Bonchev–Trinajstić information content (AvgIpc) is 3.33. The van der Waals surface area contributed by atoms with E-state index in [2.05, 4.69) is 4.37 Å². The van der Waals surface area contributed by atoms with Crippen LogP contribution < -0.4 is 4.74 Å². The lowest BCUT2D eigenvalue weighted by atomic mass is 9.93. The number of hydrogen-bond donors (Lipinski definition) is 0. The predicted octanol–water partition coefficient (Wildman–Crippen LogP) is 5.12. The number of ether oxygens (including phenoxy) is 2. The van der Waals surface area contributed by atoms with Crippen LogP contribution in [0.1, 0.15) is 41.1 Å². The standard InChI is InChI=1S/C21H21NO5S3/c1-3-11-30(24,25)15-8-6-14(7-9-15)27-21-17-16(19(28-21)20(23)26-4-2)10-5-13-12-22-29-18(13)17/h6-9,12H,3-5,10-11H2,1-2H3. The normalized spacial score (nSPS) is 12.9. The quantitative estimate of drug-likeness (QED) is 0.452. The van der Waals surface area contributed by atoms with E-state index in [0.29, 0.717) is 28.7 Å². The maximum absolute atomic E-state index is 12.5. The van der Waals surface area contributed by atoms with Gasteiger partial charge in [0.05, 0.1) is 27.7 Å². The van der Waals surface area contributed by atoms with Gasteiger partial charge in [-0.15, -0.1) is 0 Å². The van der Waals surface area contributed by atoms with Crippen molar-refractivity contribution in [1.29, 1.82) is 0 Å². The number of sulfone groups is 1. The summed E-state index contributed by atoms with van der Waals surface area (Å²) in [6.07, 6.45) is 3.98. The summed E-state index contributed by atoms with van der Waals surface area (Å²) in [6.45, 7) is 3.93. The van der Waals surface area contributed by atoms with Crippen molar-refractivity contribution in [2.24, 2.45) is 0 Å². The maximum Gasteiger partial charge on any atom is 0.348 e. The molecule has 0 saturated heterocycles. The number of nitrogens with zero attached hydrogens (tertiary/aromatic N) is 1. The number of esters is 1. The Kier molecular flexibility index (Phi) is 5.95. The largest absolute Gasteiger partial charge is 0.462 e. The molecule has 2 heterocycles. The van der Waals surface area contributed by atoms with Gasteiger partial charge in [0.15, 0.2) is 14.9 Å². The van der Waals surface area contributed by atoms with Gasteiger partial charge >= 0.3 is 5.97 Å². The van der Waals surface area contributed by atoms with Crippen LogP contribution in [0, 0.1) is 0 Å². The first-order valence-corrected chi connectivity index (χ1v) is 13.0. The molecular weight excluding hydrogens is 442 g/mol. The molecule has 0 aliphatic heterocycles. The average molecular weight is 464 g/mol. The van der Waals surface area contributed by atoms with Gasteiger partial charge in [-0.1, -0.05) is 18.3 Å². The number of carbonyl (C=O) groups is 1. The summed E-state index contributed by atoms with van der Waals surface area (Å²) in [4.78, 5) is 14.4. The lowest BCUT2D eigenvalue weighted by Crippen LogP contribution is -2.08. The molecule has 2 aromatic heterocycles. The minimum absolute atomic E-state index is 0.114. The van der Waals surface area contributed by atoms with E-state index in [4.69, 9.17) is 9.47 Å². The highest BCUT2D eigenvalue weighted by Crippen LogP contribution is 2.50. The Hall–Kier alpha value is -2.23. The number of fused-ring (bicyclic) bond motifs is 3. The number of carbonyl (C=O) groups excluding carboxylic acids is 1. The first-order chi connectivity index (χ1) is 14.4. The lowest BCUT2D eigenvalue weighted by Gasteiger charge is -2.14. The van der Waals surface area contributed by atoms with Crippen LogP contribution in [0.2, 0.25) is 0 Å². The van der Waals surface area contributed by atoms with Gasteiger partial charge in [-0.3, -0.25) is 0 Å². The topological polar surface area (TPSA) is 82.6 Å². The summed E-state index contributed by atoms with van der Waals surface area (Å²) in [5, 5.41) is 0.599. The third-order valence-corrected chi connectivity index (χ3v) is 8.70. The summed E-state index contributed by atoms with van der Waals surface area (Å²) in [5.74, 6) is 0.284. The number of aromatic nitrogens is 1. The Balaban J connectivity index is 1.71. The first kappa shape index (κ1) is 21.0. The molecule has 0 amide bonds. The van der Waals surface area contributed by atoms with Crippen LogP contribution >= 0.6 is 22.9 Å². The van der Waals surface area contributed by atoms with Crippen LogP contribution in [0.15, 0.2) is 35.4 Å². The van der Waals surface area contributed by atoms with E-state index in [-0.39, 0.29) is 16.6 Å². The molecule has 0 fully saturated rings. The number of hydrogen-bond acceptors (Lipinski definition) is 8. The molecule has 3 aromatic rings. The summed E-state index contributed by atoms with van der Waals surface area (Å²) in [7, 11) is -3.28. The molecule has 0 N–H and O–H groups in total. The molecule has 0 atom stereocenters. The SMILES string of the molecule is CCCS(=O)(=O)c1ccc(Oc2sc(C(=O)OCC)c3c2-c2sncc2CC3)cc1. The molecular formula is C21H21NO5S3. The van der Waals surface area contributed by atoms with E-state index in [1.807, 2.05) is 13.1 Å². The fourth-order valence-corrected chi connectivity index (χ4v) is 6.83. The van der Waals surface area contributed by atoms with Crippen molar-refractivity contribution >= 4 is 38.7 Å². The maximum atomic E-state index is 12.5. The van der Waals surface area contributed by atoms with Gasteiger partial charge in [-0.25, -0.2) is 17.6 Å². The molecule has 0 bridgehead atoms. The molecule has 158 valence electrons. The van der Waals surface area contributed by atoms with Gasteiger partial charge in [0.25, 0.3) is 0 Å². The monoisotopic (exact) mass is 463 g/mol. The summed E-state index contributed by atoms with van der Waals surface area (Å²) in [5.41, 5.74) is 2.98. The van der Waals surface area contributed by atoms with Crippen molar-refractivity contribution in [1.82, 2.24) is 4.37 Å². The first-order valence-electron chi connectivity index (χ1n) is 9.72. The molecule has 30 heavy (non-hydrogen) atoms. The van der Waals surface area contributed by atoms with E-state index in [0.717, 1.165) is 34.4 Å². The van der Waals surface area contributed by atoms with E-state index < -0.39 is 9.84 Å². The second-order valence-corrected chi connectivity index (χ2v) is 10.8. The third-order valence-electron chi connectivity index (χ3n) is 4.82. The Morgan fingerprint density at radius 3 is 2.63 bits per heavy atom. The zero-order valence-electron chi connectivity index (χ0n) is 16.6. The zero-order chi connectivity index (χ0) is 21.3. The second kappa shape index (κ2) is 8.49. The van der Waals surface area contributed by atoms with Crippen LogP contribution in [-0.2, 0) is 27.4 Å². The van der Waals surface area contributed by atoms with Crippen LogP contribution in [0.3, 0.4) is 0 Å². The lowest BCUT2D eigenvalue weighted by molar-refractivity contribution is 0.0531. The fraction of sp³-hybridized carbons (Fsp3) is 0.333. The zero-order valence-corrected chi connectivity index (χ0v) is 19.1. The summed E-state index contributed by atoms with van der Waals surface area (Å²) < 4.78 is 40.2. The van der Waals surface area contributed by atoms with Gasteiger partial charge in [-0.05, 0) is 73.1 Å². The van der Waals surface area contributed by atoms with Gasteiger partial charge in [-0.2, -0.15) is 0 Å². The number of aryl methyl sites for hydroxylation is 1. The minimum atomic E-state index is -3.28. The van der Waals surface area contributed by atoms with E-state index in [9.17, 15) is 13.2 Å². The fourth-order valence-electron chi connectivity index (χ4n) is 3.46. The van der Waals surface area contributed by atoms with Gasteiger partial charge in [0.1, 0.15) is 10.6 Å². The number of thiophene rings is 1. The van der Waals surface area contributed by atoms with Crippen molar-refractivity contribution in [3.05, 3.63) is 46.5 Å². The third kappa shape index (κ3) is 3.89. The molecule has 0 unspecified atom stereocenters. The molecule has 9 heteroatoms. The van der Waals surface area contributed by atoms with Crippen molar-refractivity contribution in [3.8, 4) is 21.3 Å². The molecule has 0 radical (unpaired) electrons. The van der Waals surface area contributed by atoms with Crippen LogP contribution in [0.25, 0.3) is 10.4 Å². The van der Waals surface area contributed by atoms with Gasteiger partial charge in [0, 0.05) is 6.20 Å². The number of rotatable bonds is 7. The molecule has 0 saturated carbocycles. The second-order valence-electron chi connectivity index (χ2n) is 6.87. The molecule has 1 aromatic carbocycles. The minimum Gasteiger partial charge on any atom is -0.462 e. The Morgan fingerprint density at radius 2 is 1.93 bits per heavy atom. The highest BCUT2D eigenvalue weighted by Gasteiger charge is 2.31. The van der Waals surface area contributed by atoms with Crippen molar-refractivity contribution < 1.29 is 22.7 Å². The van der Waals surface area contributed by atoms with E-state index in [1.54, 1.807) is 31.2 Å². The van der Waals surface area contributed by atoms with E-state index >= 15 is 0 Å². The van der Waals surface area contributed by atoms with Gasteiger partial charge in [0.2, 0.25) is 0 Å². The highest BCUT2D eigenvalue weighted by atomic mass is 32.2. The summed E-state index contributed by atoms with van der Waals surface area (Å²) >= 11 is 2.65. The molecule has 1 aliphatic rings. The van der Waals surface area contributed by atoms with E-state index in [1.165, 1.54) is 22.9 Å². The van der Waals surface area contributed by atoms with Gasteiger partial charge < -0.3 is 9.47 Å². The molecule has 0 spiro atoms. The summed E-state index contributed by atoms with van der Waals surface area (Å²) in [6, 6.07) is 6.42. The van der Waals surface area contributed by atoms with Crippen LogP contribution in [0.4, 0.5) is 0 Å². The van der Waals surface area contributed by atoms with Crippen molar-refractivity contribution in [2.75, 3.05) is 12.4 Å². The Morgan fingerprint density at radius 1 is 1.17 bits per heavy atom. The number of benzene rings is 1. The molecule has 6 nitrogen and oxygen atoms in total.